The molecule has 0 saturated carbocycles. The van der Waals surface area contributed by atoms with Crippen molar-refractivity contribution in [3.05, 3.63) is 68.6 Å². The lowest BCUT2D eigenvalue weighted by Crippen LogP contribution is -2.43. The van der Waals surface area contributed by atoms with Crippen molar-refractivity contribution in [1.29, 1.82) is 0 Å². The van der Waals surface area contributed by atoms with Gasteiger partial charge >= 0.3 is 18.3 Å². The predicted molar refractivity (Wildman–Crippen MR) is 159 cm³/mol. The Hall–Kier alpha value is -2.77. The van der Waals surface area contributed by atoms with Crippen LogP contribution in [0.25, 0.3) is 0 Å². The largest absolute Gasteiger partial charge is 0.444 e. The summed E-state index contributed by atoms with van der Waals surface area (Å²) in [5, 5.41) is 12.4. The van der Waals surface area contributed by atoms with Gasteiger partial charge in [0.05, 0.1) is 6.04 Å². The van der Waals surface area contributed by atoms with E-state index in [9.17, 15) is 28.3 Å². The summed E-state index contributed by atoms with van der Waals surface area (Å²) in [6.07, 6.45) is -4.54. The topological polar surface area (TPSA) is 114 Å². The zero-order valence-corrected chi connectivity index (χ0v) is 27.4. The molecule has 13 heteroatoms. The number of benzene rings is 2. The van der Waals surface area contributed by atoms with Crippen molar-refractivity contribution >= 4 is 50.1 Å². The number of aliphatic hydroxyl groups is 1. The van der Waals surface area contributed by atoms with Gasteiger partial charge in [-0.25, -0.2) is 28.1 Å². The van der Waals surface area contributed by atoms with E-state index in [0.29, 0.717) is 16.0 Å². The molecule has 3 rings (SSSR count). The van der Waals surface area contributed by atoms with Crippen LogP contribution in [0.15, 0.2) is 57.5 Å². The minimum Gasteiger partial charge on any atom is -0.444 e. The maximum absolute atomic E-state index is 13.4. The molecule has 1 saturated heterocycles. The summed E-state index contributed by atoms with van der Waals surface area (Å²) >= 11 is 6.58. The van der Waals surface area contributed by atoms with E-state index in [1.54, 1.807) is 90.1 Å². The second-order valence-electron chi connectivity index (χ2n) is 11.3. The predicted octanol–water partition coefficient (Wildman–Crippen LogP) is 7.56. The number of aliphatic hydroxyl groups excluding tert-OH is 1. The van der Waals surface area contributed by atoms with Crippen molar-refractivity contribution < 1.29 is 42.5 Å². The van der Waals surface area contributed by atoms with Gasteiger partial charge in [0.1, 0.15) is 36.7 Å². The number of ether oxygens (including phenoxy) is 3. The van der Waals surface area contributed by atoms with Crippen LogP contribution in [-0.2, 0) is 14.2 Å². The quantitative estimate of drug-likeness (QED) is 0.296. The number of halogens is 4. The number of carbonyl (C=O) groups excluding carboxylic acids is 3. The standard InChI is InChI=1S/C15H17BrFNO4.C14H19BrFNO3/c1-15(2,3)22-14(20)18-11(8-17)12(21-13(18)19)9-4-6-10(16)7-5-9;1-14(2,3)20-13(19)17-11(8-16)12(18)9-4-6-10(15)7-5-9/h4-7,11-12H,8H2,1-3H3;4-7,11-12,18H,8H2,1-3H3,(H,17,19)/t2*11-,12-/m11/s1. The van der Waals surface area contributed by atoms with Crippen molar-refractivity contribution in [3.8, 4) is 0 Å². The molecule has 1 aliphatic rings. The second kappa shape index (κ2) is 15.1. The number of alkyl halides is 2. The summed E-state index contributed by atoms with van der Waals surface area (Å²) in [6.45, 7) is 8.34. The SMILES string of the molecule is CC(C)(C)OC(=O)N1C(=O)O[C@H](c2ccc(Br)cc2)[C@H]1CF.CC(C)(C)OC(=O)N[C@H](CF)[C@H](O)c1ccc(Br)cc1. The molecule has 1 fully saturated rings. The Balaban J connectivity index is 0.000000295. The van der Waals surface area contributed by atoms with E-state index in [0.717, 1.165) is 8.95 Å². The van der Waals surface area contributed by atoms with Gasteiger partial charge < -0.3 is 24.6 Å². The zero-order chi connectivity index (χ0) is 31.8. The fraction of sp³-hybridized carbons (Fsp3) is 0.483. The Morgan fingerprint density at radius 3 is 1.90 bits per heavy atom. The first-order chi connectivity index (χ1) is 19.5. The van der Waals surface area contributed by atoms with Crippen LogP contribution in [0.4, 0.5) is 23.2 Å². The lowest BCUT2D eigenvalue weighted by Gasteiger charge is -2.25. The molecule has 0 bridgehead atoms. The number of alkyl carbamates (subject to hydrolysis) is 1. The van der Waals surface area contributed by atoms with E-state index in [4.69, 9.17) is 14.2 Å². The average molecular weight is 722 g/mol. The number of cyclic esters (lactones) is 1. The molecule has 2 N–H and O–H groups in total. The molecule has 2 aromatic carbocycles. The fourth-order valence-electron chi connectivity index (χ4n) is 3.68. The first kappa shape index (κ1) is 35.4. The number of carbonyl (C=O) groups is 3. The number of hydrogen-bond donors (Lipinski definition) is 2. The van der Waals surface area contributed by atoms with Crippen LogP contribution in [0.5, 0.6) is 0 Å². The number of imide groups is 1. The summed E-state index contributed by atoms with van der Waals surface area (Å²) in [7, 11) is 0. The molecule has 42 heavy (non-hydrogen) atoms. The van der Waals surface area contributed by atoms with Crippen LogP contribution in [-0.4, -0.2) is 64.9 Å². The third-order valence-corrected chi connectivity index (χ3v) is 6.57. The molecule has 0 aliphatic carbocycles. The second-order valence-corrected chi connectivity index (χ2v) is 13.2. The van der Waals surface area contributed by atoms with Crippen LogP contribution in [0.2, 0.25) is 0 Å². The number of amides is 3. The summed E-state index contributed by atoms with van der Waals surface area (Å²) in [5.74, 6) is 0. The average Bonchev–Trinajstić information content (AvgIpc) is 3.22. The highest BCUT2D eigenvalue weighted by atomic mass is 79.9. The third kappa shape index (κ3) is 10.8. The van der Waals surface area contributed by atoms with E-state index in [-0.39, 0.29) is 0 Å². The molecule has 1 heterocycles. The molecule has 0 unspecified atom stereocenters. The number of nitrogens with zero attached hydrogens (tertiary/aromatic N) is 1. The van der Waals surface area contributed by atoms with E-state index in [2.05, 4.69) is 37.2 Å². The maximum atomic E-state index is 13.4. The molecular formula is C29H36Br2F2N2O7. The number of rotatable bonds is 6. The first-order valence-electron chi connectivity index (χ1n) is 13.0. The highest BCUT2D eigenvalue weighted by Gasteiger charge is 2.48. The fourth-order valence-corrected chi connectivity index (χ4v) is 4.21. The van der Waals surface area contributed by atoms with Gasteiger partial charge in [-0.1, -0.05) is 56.1 Å². The molecule has 232 valence electrons. The Bertz CT molecular complexity index is 1200. The molecule has 9 nitrogen and oxygen atoms in total. The smallest absolute Gasteiger partial charge is 0.420 e. The van der Waals surface area contributed by atoms with Gasteiger partial charge in [0.15, 0.2) is 6.10 Å². The molecule has 0 radical (unpaired) electrons. The van der Waals surface area contributed by atoms with Crippen LogP contribution < -0.4 is 5.32 Å². The summed E-state index contributed by atoms with van der Waals surface area (Å²) in [6, 6.07) is 11.6. The van der Waals surface area contributed by atoms with Gasteiger partial charge in [-0.3, -0.25) is 0 Å². The highest BCUT2D eigenvalue weighted by molar-refractivity contribution is 9.10. The highest BCUT2D eigenvalue weighted by Crippen LogP contribution is 2.34. The lowest BCUT2D eigenvalue weighted by atomic mass is 10.0. The van der Waals surface area contributed by atoms with Crippen molar-refractivity contribution in [2.75, 3.05) is 13.3 Å². The molecule has 0 spiro atoms. The van der Waals surface area contributed by atoms with Gasteiger partial charge in [-0.2, -0.15) is 0 Å². The normalized spacial score (nSPS) is 18.3. The van der Waals surface area contributed by atoms with Crippen molar-refractivity contribution in [2.24, 2.45) is 0 Å². The van der Waals surface area contributed by atoms with Gasteiger partial charge in [-0.15, -0.1) is 0 Å². The van der Waals surface area contributed by atoms with E-state index >= 15 is 0 Å². The van der Waals surface area contributed by atoms with Gasteiger partial charge in [-0.05, 0) is 76.9 Å². The van der Waals surface area contributed by atoms with Crippen LogP contribution in [0, 0.1) is 0 Å². The van der Waals surface area contributed by atoms with E-state index < -0.39 is 67.1 Å². The third-order valence-electron chi connectivity index (χ3n) is 5.51. The lowest BCUT2D eigenvalue weighted by molar-refractivity contribution is 0.0269. The number of nitrogens with one attached hydrogen (secondary N) is 1. The minimum absolute atomic E-state index is 0.520. The molecule has 2 aromatic rings. The Morgan fingerprint density at radius 2 is 1.45 bits per heavy atom. The Labute approximate surface area is 261 Å². The van der Waals surface area contributed by atoms with E-state index in [1.165, 1.54) is 0 Å². The summed E-state index contributed by atoms with van der Waals surface area (Å²) < 4.78 is 43.5. The van der Waals surface area contributed by atoms with E-state index in [1.807, 2.05) is 0 Å². The minimum atomic E-state index is -1.14. The molecule has 4 atom stereocenters. The summed E-state index contributed by atoms with van der Waals surface area (Å²) in [4.78, 5) is 36.4. The van der Waals surface area contributed by atoms with Crippen LogP contribution in [0.3, 0.4) is 0 Å². The summed E-state index contributed by atoms with van der Waals surface area (Å²) in [5.41, 5.74) is -0.321. The molecular weight excluding hydrogens is 686 g/mol. The molecule has 0 aromatic heterocycles. The van der Waals surface area contributed by atoms with Crippen LogP contribution >= 0.6 is 31.9 Å². The Kier molecular flexibility index (Phi) is 12.7. The van der Waals surface area contributed by atoms with Gasteiger partial charge in [0.2, 0.25) is 0 Å². The van der Waals surface area contributed by atoms with Crippen LogP contribution in [0.1, 0.15) is 64.9 Å². The maximum Gasteiger partial charge on any atom is 0.420 e. The zero-order valence-electron chi connectivity index (χ0n) is 24.2. The number of hydrogen-bond acceptors (Lipinski definition) is 7. The molecule has 1 aliphatic heterocycles. The van der Waals surface area contributed by atoms with Gasteiger partial charge in [0, 0.05) is 8.95 Å². The van der Waals surface area contributed by atoms with Crippen molar-refractivity contribution in [3.63, 3.8) is 0 Å². The monoisotopic (exact) mass is 720 g/mol. The van der Waals surface area contributed by atoms with Gasteiger partial charge in [0.25, 0.3) is 0 Å². The van der Waals surface area contributed by atoms with Crippen molar-refractivity contribution in [1.82, 2.24) is 10.2 Å². The Morgan fingerprint density at radius 1 is 0.952 bits per heavy atom. The molecule has 3 amide bonds. The van der Waals surface area contributed by atoms with Crippen molar-refractivity contribution in [2.45, 2.75) is 77.0 Å². The first-order valence-corrected chi connectivity index (χ1v) is 14.6.